The average molecular weight is 560 g/mol. The van der Waals surface area contributed by atoms with Crippen molar-refractivity contribution < 1.29 is 19.1 Å². The Hall–Kier alpha value is -2.93. The Morgan fingerprint density at radius 1 is 0.875 bits per heavy atom. The summed E-state index contributed by atoms with van der Waals surface area (Å²) in [6.07, 6.45) is 0.668. The zero-order valence-electron chi connectivity index (χ0n) is 24.8. The monoisotopic (exact) mass is 559 g/mol. The van der Waals surface area contributed by atoms with Crippen LogP contribution in [0.3, 0.4) is 0 Å². The Labute approximate surface area is 241 Å². The molecule has 1 amide bonds. The summed E-state index contributed by atoms with van der Waals surface area (Å²) in [5.74, 6) is 0. The summed E-state index contributed by atoms with van der Waals surface area (Å²) in [4.78, 5) is 15.1. The first kappa shape index (κ1) is 30.0. The molecule has 40 heavy (non-hydrogen) atoms. The Bertz CT molecular complexity index is 1180. The van der Waals surface area contributed by atoms with E-state index in [4.69, 9.17) is 9.16 Å². The lowest BCUT2D eigenvalue weighted by molar-refractivity contribution is -0.0148. The second kappa shape index (κ2) is 12.3. The second-order valence-electron chi connectivity index (χ2n) is 12.9. The smallest absolute Gasteiger partial charge is 0.410 e. The molecule has 3 atom stereocenters. The maximum absolute atomic E-state index is 13.3. The first-order valence-corrected chi connectivity index (χ1v) is 16.3. The largest absolute Gasteiger partial charge is 0.444 e. The molecule has 6 heteroatoms. The minimum Gasteiger partial charge on any atom is -0.444 e. The van der Waals surface area contributed by atoms with Gasteiger partial charge in [0.05, 0.1) is 6.10 Å². The number of carbonyl (C=O) groups excluding carboxylic acids is 1. The number of hydrogen-bond acceptors (Lipinski definition) is 4. The van der Waals surface area contributed by atoms with Gasteiger partial charge in [0.2, 0.25) is 0 Å². The lowest BCUT2D eigenvalue weighted by Crippen LogP contribution is -2.68. The lowest BCUT2D eigenvalue weighted by atomic mass is 9.93. The van der Waals surface area contributed by atoms with E-state index in [1.54, 1.807) is 0 Å². The Morgan fingerprint density at radius 2 is 1.38 bits per heavy atom. The summed E-state index contributed by atoms with van der Waals surface area (Å²) in [5.41, 5.74) is 0.253. The molecular weight excluding hydrogens is 514 g/mol. The van der Waals surface area contributed by atoms with Gasteiger partial charge in [-0.1, -0.05) is 112 Å². The molecule has 1 saturated heterocycles. The van der Waals surface area contributed by atoms with Crippen molar-refractivity contribution in [2.45, 2.75) is 89.7 Å². The highest BCUT2D eigenvalue weighted by Crippen LogP contribution is 2.40. The number of piperidine rings is 1. The molecular formula is C34H45NO4Si. The summed E-state index contributed by atoms with van der Waals surface area (Å²) in [5, 5.41) is 13.5. The van der Waals surface area contributed by atoms with Crippen LogP contribution in [-0.4, -0.2) is 48.7 Å². The van der Waals surface area contributed by atoms with Crippen LogP contribution in [0.1, 0.15) is 72.5 Å². The van der Waals surface area contributed by atoms with Gasteiger partial charge >= 0.3 is 6.09 Å². The lowest BCUT2D eigenvalue weighted by Gasteiger charge is -2.48. The summed E-state index contributed by atoms with van der Waals surface area (Å²) < 4.78 is 13.2. The number of amides is 1. The quantitative estimate of drug-likeness (QED) is 0.338. The van der Waals surface area contributed by atoms with E-state index in [1.165, 1.54) is 10.4 Å². The van der Waals surface area contributed by atoms with Gasteiger partial charge in [-0.05, 0) is 61.0 Å². The summed E-state index contributed by atoms with van der Waals surface area (Å²) in [6.45, 7) is 13.0. The van der Waals surface area contributed by atoms with Gasteiger partial charge in [-0.2, -0.15) is 0 Å². The highest BCUT2D eigenvalue weighted by atomic mass is 28.4. The van der Waals surface area contributed by atoms with Crippen LogP contribution in [0.2, 0.25) is 5.04 Å². The zero-order valence-corrected chi connectivity index (χ0v) is 25.8. The number of ether oxygens (including phenoxy) is 1. The van der Waals surface area contributed by atoms with Gasteiger partial charge in [-0.3, -0.25) is 0 Å². The normalized spacial score (nSPS) is 19.2. The van der Waals surface area contributed by atoms with Gasteiger partial charge in [-0.15, -0.1) is 0 Å². The third kappa shape index (κ3) is 6.85. The van der Waals surface area contributed by atoms with Gasteiger partial charge in [0.1, 0.15) is 5.60 Å². The number of hydrogen-bond donors (Lipinski definition) is 1. The SMILES string of the molecule is CC(C)(C)OC(=O)N1CC[C@H](O[Si](c2ccccc2)(c2ccccc2)C(C)(C)C)C[C@@H]1C[C@@H](O)c1ccccc1. The molecule has 0 saturated carbocycles. The number of carbonyl (C=O) groups is 1. The van der Waals surface area contributed by atoms with E-state index >= 15 is 0 Å². The van der Waals surface area contributed by atoms with Crippen LogP contribution in [0.15, 0.2) is 91.0 Å². The molecule has 1 N–H and O–H groups in total. The third-order valence-electron chi connectivity index (χ3n) is 7.74. The molecule has 1 heterocycles. The highest BCUT2D eigenvalue weighted by Gasteiger charge is 2.52. The van der Waals surface area contributed by atoms with Gasteiger partial charge in [0.15, 0.2) is 0 Å². The molecule has 0 aliphatic carbocycles. The van der Waals surface area contributed by atoms with E-state index in [-0.39, 0.29) is 23.3 Å². The molecule has 1 aliphatic rings. The number of likely N-dealkylation sites (tertiary alicyclic amines) is 1. The van der Waals surface area contributed by atoms with Crippen LogP contribution >= 0.6 is 0 Å². The van der Waals surface area contributed by atoms with E-state index in [1.807, 2.05) is 56.0 Å². The first-order chi connectivity index (χ1) is 18.9. The number of nitrogens with zero attached hydrogens (tertiary/aromatic N) is 1. The van der Waals surface area contributed by atoms with Crippen molar-refractivity contribution in [3.8, 4) is 0 Å². The van der Waals surface area contributed by atoms with Crippen molar-refractivity contribution >= 4 is 24.8 Å². The van der Waals surface area contributed by atoms with Crippen LogP contribution in [0.5, 0.6) is 0 Å². The third-order valence-corrected chi connectivity index (χ3v) is 12.8. The zero-order chi connectivity index (χ0) is 29.0. The Morgan fingerprint density at radius 3 is 1.85 bits per heavy atom. The fourth-order valence-corrected chi connectivity index (χ4v) is 10.6. The maximum atomic E-state index is 13.3. The van der Waals surface area contributed by atoms with Crippen LogP contribution in [0.25, 0.3) is 0 Å². The summed E-state index contributed by atoms with van der Waals surface area (Å²) >= 11 is 0. The standard InChI is InChI=1S/C34H45NO4Si/c1-33(2,3)38-32(37)35-23-22-28(24-27(35)25-31(36)26-16-10-7-11-17-26)39-40(34(4,5)6,29-18-12-8-13-19-29)30-20-14-9-15-21-30/h7-21,27-28,31,36H,22-25H2,1-6H3/t27-,28+,31-/m1/s1. The fraction of sp³-hybridized carbons (Fsp3) is 0.441. The van der Waals surface area contributed by atoms with Crippen LogP contribution in [0.4, 0.5) is 4.79 Å². The molecule has 0 radical (unpaired) electrons. The minimum absolute atomic E-state index is 0.0713. The van der Waals surface area contributed by atoms with Crippen molar-refractivity contribution in [1.82, 2.24) is 4.90 Å². The van der Waals surface area contributed by atoms with Gasteiger partial charge in [0, 0.05) is 18.7 Å². The highest BCUT2D eigenvalue weighted by molar-refractivity contribution is 6.99. The molecule has 0 unspecified atom stereocenters. The fourth-order valence-electron chi connectivity index (χ4n) is 5.92. The molecule has 1 fully saturated rings. The number of benzene rings is 3. The van der Waals surface area contributed by atoms with Crippen molar-refractivity contribution in [3.05, 3.63) is 96.6 Å². The van der Waals surface area contributed by atoms with Crippen LogP contribution < -0.4 is 10.4 Å². The topological polar surface area (TPSA) is 59.0 Å². The first-order valence-electron chi connectivity index (χ1n) is 14.4. The van der Waals surface area contributed by atoms with E-state index in [9.17, 15) is 9.90 Å². The van der Waals surface area contributed by atoms with E-state index < -0.39 is 20.0 Å². The molecule has 5 nitrogen and oxygen atoms in total. The van der Waals surface area contributed by atoms with Gasteiger partial charge in [-0.25, -0.2) is 4.79 Å². The molecule has 4 rings (SSSR count). The minimum atomic E-state index is -2.75. The molecule has 3 aromatic carbocycles. The number of aliphatic hydroxyl groups excluding tert-OH is 1. The van der Waals surface area contributed by atoms with Gasteiger partial charge in [0.25, 0.3) is 8.32 Å². The predicted molar refractivity (Wildman–Crippen MR) is 164 cm³/mol. The van der Waals surface area contributed by atoms with E-state index in [0.717, 1.165) is 5.56 Å². The maximum Gasteiger partial charge on any atom is 0.410 e. The molecule has 3 aromatic rings. The Kier molecular flexibility index (Phi) is 9.23. The molecule has 0 spiro atoms. The summed E-state index contributed by atoms with van der Waals surface area (Å²) in [6, 6.07) is 30.8. The average Bonchev–Trinajstić information content (AvgIpc) is 2.91. The van der Waals surface area contributed by atoms with E-state index in [2.05, 4.69) is 81.4 Å². The molecule has 1 aliphatic heterocycles. The van der Waals surface area contributed by atoms with Crippen molar-refractivity contribution in [1.29, 1.82) is 0 Å². The Balaban J connectivity index is 1.69. The molecule has 0 aromatic heterocycles. The van der Waals surface area contributed by atoms with Gasteiger partial charge < -0.3 is 19.2 Å². The summed E-state index contributed by atoms with van der Waals surface area (Å²) in [7, 11) is -2.75. The number of rotatable bonds is 7. The predicted octanol–water partition coefficient (Wildman–Crippen LogP) is 6.45. The number of aliphatic hydroxyl groups is 1. The van der Waals surface area contributed by atoms with E-state index in [0.29, 0.717) is 25.8 Å². The van der Waals surface area contributed by atoms with Crippen molar-refractivity contribution in [2.75, 3.05) is 6.54 Å². The molecule has 0 bridgehead atoms. The van der Waals surface area contributed by atoms with Crippen molar-refractivity contribution in [2.24, 2.45) is 0 Å². The van der Waals surface area contributed by atoms with Crippen LogP contribution in [0, 0.1) is 0 Å². The second-order valence-corrected chi connectivity index (χ2v) is 17.2. The van der Waals surface area contributed by atoms with Crippen molar-refractivity contribution in [3.63, 3.8) is 0 Å². The van der Waals surface area contributed by atoms with Crippen LogP contribution in [-0.2, 0) is 9.16 Å². The molecule has 214 valence electrons.